The zero-order valence-corrected chi connectivity index (χ0v) is 11.0. The average molecular weight is 220 g/mol. The van der Waals surface area contributed by atoms with Gasteiger partial charge in [-0.1, -0.05) is 33.8 Å². The summed E-state index contributed by atoms with van der Waals surface area (Å²) >= 11 is 0. The first kappa shape index (κ1) is 11.9. The minimum absolute atomic E-state index is 0.187. The van der Waals surface area contributed by atoms with Crippen LogP contribution in [0, 0.1) is 28.6 Å². The lowest BCUT2D eigenvalue weighted by Gasteiger charge is -2.37. The van der Waals surface area contributed by atoms with Crippen LogP contribution in [0.4, 0.5) is 0 Å². The summed E-state index contributed by atoms with van der Waals surface area (Å²) in [6.07, 6.45) is 4.86. The van der Waals surface area contributed by atoms with Gasteiger partial charge in [0.15, 0.2) is 0 Å². The van der Waals surface area contributed by atoms with E-state index >= 15 is 0 Å². The average Bonchev–Trinajstić information content (AvgIpc) is 2.50. The van der Waals surface area contributed by atoms with Crippen LogP contribution in [-0.4, -0.2) is 5.78 Å². The standard InChI is InChI=1S/C15H24O/c1-6-7-11(16)13-10-8-9-12(14(10,2)3)15(13,4)5/h6,10,12-13H,1,7-9H2,2-5H3. The third kappa shape index (κ3) is 1.33. The van der Waals surface area contributed by atoms with Crippen molar-refractivity contribution in [2.45, 2.75) is 47.0 Å². The Morgan fingerprint density at radius 1 is 1.25 bits per heavy atom. The van der Waals surface area contributed by atoms with Gasteiger partial charge in [0.05, 0.1) is 0 Å². The molecule has 2 saturated carbocycles. The van der Waals surface area contributed by atoms with Crippen molar-refractivity contribution >= 4 is 5.78 Å². The molecule has 0 amide bonds. The van der Waals surface area contributed by atoms with Gasteiger partial charge in [-0.05, 0) is 35.5 Å². The Labute approximate surface area is 99.3 Å². The van der Waals surface area contributed by atoms with E-state index in [9.17, 15) is 4.79 Å². The number of rotatable bonds is 3. The second-order valence-corrected chi connectivity index (χ2v) is 6.82. The molecule has 2 aliphatic rings. The van der Waals surface area contributed by atoms with E-state index in [4.69, 9.17) is 0 Å². The van der Waals surface area contributed by atoms with E-state index in [0.29, 0.717) is 29.5 Å². The van der Waals surface area contributed by atoms with Crippen molar-refractivity contribution in [2.75, 3.05) is 0 Å². The van der Waals surface area contributed by atoms with Gasteiger partial charge in [0.1, 0.15) is 5.78 Å². The van der Waals surface area contributed by atoms with Crippen molar-refractivity contribution in [2.24, 2.45) is 28.6 Å². The summed E-state index contributed by atoms with van der Waals surface area (Å²) in [5.41, 5.74) is 0.539. The van der Waals surface area contributed by atoms with E-state index in [1.807, 2.05) is 0 Å². The molecule has 0 aromatic heterocycles. The lowest BCUT2D eigenvalue weighted by molar-refractivity contribution is -0.127. The fourth-order valence-corrected chi connectivity index (χ4v) is 4.92. The number of ketones is 1. The van der Waals surface area contributed by atoms with Crippen molar-refractivity contribution < 1.29 is 4.79 Å². The van der Waals surface area contributed by atoms with Crippen LogP contribution in [0.15, 0.2) is 12.7 Å². The Hall–Kier alpha value is -0.590. The molecule has 0 saturated heterocycles. The number of allylic oxidation sites excluding steroid dienone is 1. The Bertz CT molecular complexity index is 324. The van der Waals surface area contributed by atoms with E-state index in [1.165, 1.54) is 12.8 Å². The van der Waals surface area contributed by atoms with Crippen LogP contribution in [0.5, 0.6) is 0 Å². The molecule has 0 aromatic carbocycles. The molecule has 1 heteroatoms. The Morgan fingerprint density at radius 3 is 2.31 bits per heavy atom. The molecular formula is C15H24O. The number of carbonyl (C=O) groups is 1. The van der Waals surface area contributed by atoms with Crippen molar-refractivity contribution in [1.29, 1.82) is 0 Å². The van der Waals surface area contributed by atoms with Gasteiger partial charge in [-0.15, -0.1) is 6.58 Å². The lowest BCUT2D eigenvalue weighted by Crippen LogP contribution is -2.36. The van der Waals surface area contributed by atoms with Crippen molar-refractivity contribution in [3.05, 3.63) is 12.7 Å². The predicted molar refractivity (Wildman–Crippen MR) is 67.1 cm³/mol. The van der Waals surface area contributed by atoms with Crippen LogP contribution >= 0.6 is 0 Å². The molecule has 2 bridgehead atoms. The zero-order chi connectivity index (χ0) is 12.1. The highest BCUT2D eigenvalue weighted by Crippen LogP contribution is 2.68. The van der Waals surface area contributed by atoms with Crippen molar-refractivity contribution in [1.82, 2.24) is 0 Å². The Morgan fingerprint density at radius 2 is 1.88 bits per heavy atom. The number of fused-ring (bicyclic) bond motifs is 2. The first-order valence-corrected chi connectivity index (χ1v) is 6.47. The molecule has 0 heterocycles. The monoisotopic (exact) mass is 220 g/mol. The van der Waals surface area contributed by atoms with Gasteiger partial charge < -0.3 is 0 Å². The van der Waals surface area contributed by atoms with E-state index in [1.54, 1.807) is 6.08 Å². The van der Waals surface area contributed by atoms with Gasteiger partial charge in [-0.25, -0.2) is 0 Å². The van der Waals surface area contributed by atoms with Crippen molar-refractivity contribution in [3.63, 3.8) is 0 Å². The molecule has 0 aromatic rings. The fraction of sp³-hybridized carbons (Fsp3) is 0.800. The van der Waals surface area contributed by atoms with E-state index in [-0.39, 0.29) is 11.3 Å². The molecule has 2 aliphatic carbocycles. The molecule has 2 rings (SSSR count). The van der Waals surface area contributed by atoms with Crippen LogP contribution in [0.3, 0.4) is 0 Å². The van der Waals surface area contributed by atoms with E-state index in [2.05, 4.69) is 34.3 Å². The minimum atomic E-state index is 0.187. The molecule has 90 valence electrons. The summed E-state index contributed by atoms with van der Waals surface area (Å²) < 4.78 is 0. The van der Waals surface area contributed by atoms with Crippen LogP contribution in [-0.2, 0) is 4.79 Å². The number of carbonyl (C=O) groups excluding carboxylic acids is 1. The number of hydrogen-bond acceptors (Lipinski definition) is 1. The van der Waals surface area contributed by atoms with E-state index in [0.717, 1.165) is 0 Å². The maximum absolute atomic E-state index is 12.3. The van der Waals surface area contributed by atoms with Gasteiger partial charge in [0.25, 0.3) is 0 Å². The minimum Gasteiger partial charge on any atom is -0.299 e. The van der Waals surface area contributed by atoms with Crippen LogP contribution in [0.25, 0.3) is 0 Å². The van der Waals surface area contributed by atoms with Crippen molar-refractivity contribution in [3.8, 4) is 0 Å². The second kappa shape index (κ2) is 3.45. The summed E-state index contributed by atoms with van der Waals surface area (Å²) in [6.45, 7) is 13.0. The van der Waals surface area contributed by atoms with Crippen LogP contribution in [0.1, 0.15) is 47.0 Å². The molecule has 3 unspecified atom stereocenters. The molecule has 1 nitrogen and oxygen atoms in total. The predicted octanol–water partition coefficient (Wildman–Crippen LogP) is 3.84. The van der Waals surface area contributed by atoms with Gasteiger partial charge in [0.2, 0.25) is 0 Å². The lowest BCUT2D eigenvalue weighted by atomic mass is 9.66. The molecule has 3 atom stereocenters. The first-order chi connectivity index (χ1) is 7.33. The smallest absolute Gasteiger partial charge is 0.140 e. The second-order valence-electron chi connectivity index (χ2n) is 6.82. The zero-order valence-electron chi connectivity index (χ0n) is 11.0. The molecule has 0 aliphatic heterocycles. The van der Waals surface area contributed by atoms with E-state index < -0.39 is 0 Å². The van der Waals surface area contributed by atoms with Gasteiger partial charge in [-0.3, -0.25) is 4.79 Å². The molecule has 16 heavy (non-hydrogen) atoms. The van der Waals surface area contributed by atoms with Gasteiger partial charge >= 0.3 is 0 Å². The Balaban J connectivity index is 2.34. The van der Waals surface area contributed by atoms with Gasteiger partial charge in [-0.2, -0.15) is 0 Å². The highest BCUT2D eigenvalue weighted by molar-refractivity contribution is 5.84. The van der Waals surface area contributed by atoms with Gasteiger partial charge in [0, 0.05) is 12.3 Å². The summed E-state index contributed by atoms with van der Waals surface area (Å²) in [5, 5.41) is 0. The van der Waals surface area contributed by atoms with Crippen LogP contribution in [0.2, 0.25) is 0 Å². The third-order valence-electron chi connectivity index (χ3n) is 5.41. The molecule has 0 N–H and O–H groups in total. The number of Topliss-reactive ketones (excluding diaryl/α,β-unsaturated/α-hetero) is 1. The molecular weight excluding hydrogens is 196 g/mol. The molecule has 0 spiro atoms. The summed E-state index contributed by atoms with van der Waals surface area (Å²) in [6, 6.07) is 0. The summed E-state index contributed by atoms with van der Waals surface area (Å²) in [5.74, 6) is 1.99. The Kier molecular flexibility index (Phi) is 2.56. The normalized spacial score (nSPS) is 38.6. The maximum Gasteiger partial charge on any atom is 0.140 e. The number of hydrogen-bond donors (Lipinski definition) is 0. The SMILES string of the molecule is C=CCC(=O)C1C2CCC(C2(C)C)C1(C)C. The van der Waals surface area contributed by atoms with Crippen LogP contribution < -0.4 is 0 Å². The summed E-state index contributed by atoms with van der Waals surface area (Å²) in [4.78, 5) is 12.3. The topological polar surface area (TPSA) is 17.1 Å². The maximum atomic E-state index is 12.3. The first-order valence-electron chi connectivity index (χ1n) is 6.47. The molecule has 2 fully saturated rings. The highest BCUT2D eigenvalue weighted by Gasteiger charge is 2.64. The largest absolute Gasteiger partial charge is 0.299 e. The highest BCUT2D eigenvalue weighted by atomic mass is 16.1. The third-order valence-corrected chi connectivity index (χ3v) is 5.41. The summed E-state index contributed by atoms with van der Waals surface area (Å²) in [7, 11) is 0. The quantitative estimate of drug-likeness (QED) is 0.660. The molecule has 0 radical (unpaired) electrons. The fourth-order valence-electron chi connectivity index (χ4n) is 4.92.